The van der Waals surface area contributed by atoms with E-state index in [1.54, 1.807) is 68.5 Å². The summed E-state index contributed by atoms with van der Waals surface area (Å²) in [6.45, 7) is 10.1. The van der Waals surface area contributed by atoms with Gasteiger partial charge in [0.1, 0.15) is 28.7 Å². The number of aryl methyl sites for hydroxylation is 1. The summed E-state index contributed by atoms with van der Waals surface area (Å²) < 4.78 is 16.4. The Morgan fingerprint density at radius 3 is 2.37 bits per heavy atom. The monoisotopic (exact) mass is 576 g/mol. The van der Waals surface area contributed by atoms with Crippen LogP contribution in [0.2, 0.25) is 0 Å². The molecule has 9 nitrogen and oxygen atoms in total. The standard InChI is InChI=1S/C31H32N2O7S/c1-5-8-18-40-23-15-11-21(12-16-23)26(34)24-25(20-9-13-22(14-10-20)39-17-6-2)33(29(36)27(24)35)31-32-19(4)28(41-31)30(37)38-7-3/h6,9-16,25,34H,2,5,7-8,17-18H2,1,3-4H3/t25-/m0/s1. The number of anilines is 1. The number of hydrogen-bond acceptors (Lipinski definition) is 9. The number of aliphatic hydroxyl groups is 1. The van der Waals surface area contributed by atoms with Crippen LogP contribution >= 0.6 is 11.3 Å². The minimum Gasteiger partial charge on any atom is -0.507 e. The van der Waals surface area contributed by atoms with Crippen molar-refractivity contribution in [2.75, 3.05) is 24.7 Å². The first-order valence-corrected chi connectivity index (χ1v) is 14.1. The van der Waals surface area contributed by atoms with E-state index in [1.807, 2.05) is 0 Å². The molecule has 1 fully saturated rings. The van der Waals surface area contributed by atoms with Gasteiger partial charge in [-0.1, -0.05) is 49.5 Å². The van der Waals surface area contributed by atoms with Crippen LogP contribution in [0.5, 0.6) is 11.5 Å². The van der Waals surface area contributed by atoms with Crippen LogP contribution in [0.3, 0.4) is 0 Å². The van der Waals surface area contributed by atoms with Crippen molar-refractivity contribution in [3.05, 3.63) is 88.5 Å². The highest BCUT2D eigenvalue weighted by Crippen LogP contribution is 2.44. The van der Waals surface area contributed by atoms with Gasteiger partial charge in [-0.2, -0.15) is 0 Å². The van der Waals surface area contributed by atoms with E-state index in [4.69, 9.17) is 14.2 Å². The zero-order valence-electron chi connectivity index (χ0n) is 23.2. The molecule has 0 spiro atoms. The number of thiazole rings is 1. The Kier molecular flexibility index (Phi) is 9.57. The third kappa shape index (κ3) is 6.33. The van der Waals surface area contributed by atoms with Crippen LogP contribution in [-0.4, -0.2) is 47.6 Å². The molecule has 2 aromatic carbocycles. The Morgan fingerprint density at radius 2 is 1.73 bits per heavy atom. The van der Waals surface area contributed by atoms with Crippen LogP contribution in [0, 0.1) is 6.92 Å². The predicted octanol–water partition coefficient (Wildman–Crippen LogP) is 6.00. The molecule has 0 aliphatic carbocycles. The van der Waals surface area contributed by atoms with E-state index in [-0.39, 0.29) is 27.9 Å². The molecule has 0 bridgehead atoms. The zero-order chi connectivity index (χ0) is 29.5. The van der Waals surface area contributed by atoms with E-state index >= 15 is 0 Å². The summed E-state index contributed by atoms with van der Waals surface area (Å²) in [6.07, 6.45) is 3.53. The van der Waals surface area contributed by atoms with E-state index in [0.717, 1.165) is 24.2 Å². The first-order chi connectivity index (χ1) is 19.8. The molecule has 4 rings (SSSR count). The highest BCUT2D eigenvalue weighted by Gasteiger charge is 2.48. The van der Waals surface area contributed by atoms with Crippen molar-refractivity contribution in [1.82, 2.24) is 4.98 Å². The summed E-state index contributed by atoms with van der Waals surface area (Å²) in [6, 6.07) is 12.5. The molecule has 41 heavy (non-hydrogen) atoms. The lowest BCUT2D eigenvalue weighted by Crippen LogP contribution is -2.29. The van der Waals surface area contributed by atoms with Gasteiger partial charge in [-0.15, -0.1) is 0 Å². The van der Waals surface area contributed by atoms with Crippen molar-refractivity contribution >= 4 is 39.9 Å². The Labute approximate surface area is 242 Å². The molecule has 1 aliphatic heterocycles. The molecule has 3 aromatic rings. The number of Topliss-reactive ketones (excluding diaryl/α,β-unsaturated/α-hetero) is 1. The van der Waals surface area contributed by atoms with Crippen LogP contribution in [0.25, 0.3) is 5.76 Å². The van der Waals surface area contributed by atoms with Crippen LogP contribution in [0.4, 0.5) is 5.13 Å². The van der Waals surface area contributed by atoms with Crippen molar-refractivity contribution in [2.45, 2.75) is 39.7 Å². The van der Waals surface area contributed by atoms with Gasteiger partial charge in [-0.05, 0) is 62.2 Å². The second-order valence-electron chi connectivity index (χ2n) is 9.20. The average molecular weight is 577 g/mol. The van der Waals surface area contributed by atoms with Crippen LogP contribution in [-0.2, 0) is 14.3 Å². The van der Waals surface area contributed by atoms with Gasteiger partial charge < -0.3 is 19.3 Å². The molecule has 1 amide bonds. The normalized spacial score (nSPS) is 16.1. The number of aromatic nitrogens is 1. The lowest BCUT2D eigenvalue weighted by atomic mass is 9.95. The minimum absolute atomic E-state index is 0.0973. The quantitative estimate of drug-likeness (QED) is 0.0697. The zero-order valence-corrected chi connectivity index (χ0v) is 24.0. The molecule has 1 N–H and O–H groups in total. The molecular weight excluding hydrogens is 544 g/mol. The number of aliphatic hydroxyl groups excluding tert-OH is 1. The van der Waals surface area contributed by atoms with E-state index in [1.165, 1.54) is 4.90 Å². The van der Waals surface area contributed by atoms with E-state index in [0.29, 0.717) is 41.5 Å². The Bertz CT molecular complexity index is 1460. The smallest absolute Gasteiger partial charge is 0.350 e. The molecule has 1 saturated heterocycles. The second kappa shape index (κ2) is 13.3. The molecule has 1 atom stereocenters. The minimum atomic E-state index is -1.01. The molecule has 0 radical (unpaired) electrons. The van der Waals surface area contributed by atoms with Gasteiger partial charge in [0, 0.05) is 5.56 Å². The largest absolute Gasteiger partial charge is 0.507 e. The van der Waals surface area contributed by atoms with E-state index in [2.05, 4.69) is 18.5 Å². The topological polar surface area (TPSA) is 115 Å². The van der Waals surface area contributed by atoms with Crippen molar-refractivity contribution in [2.24, 2.45) is 0 Å². The summed E-state index contributed by atoms with van der Waals surface area (Å²) in [4.78, 5) is 45.3. The number of nitrogens with zero attached hydrogens (tertiary/aromatic N) is 2. The average Bonchev–Trinajstić information content (AvgIpc) is 3.48. The second-order valence-corrected chi connectivity index (χ2v) is 10.2. The Hall–Kier alpha value is -4.44. The fraction of sp³-hybridized carbons (Fsp3) is 0.290. The number of rotatable bonds is 12. The summed E-state index contributed by atoms with van der Waals surface area (Å²) >= 11 is 0.955. The third-order valence-corrected chi connectivity index (χ3v) is 7.49. The van der Waals surface area contributed by atoms with E-state index < -0.39 is 23.7 Å². The number of hydrogen-bond donors (Lipinski definition) is 1. The van der Waals surface area contributed by atoms with Crippen LogP contribution < -0.4 is 14.4 Å². The molecule has 10 heteroatoms. The summed E-state index contributed by atoms with van der Waals surface area (Å²) in [7, 11) is 0. The van der Waals surface area contributed by atoms with Gasteiger partial charge in [0.25, 0.3) is 5.78 Å². The number of carbonyl (C=O) groups excluding carboxylic acids is 3. The fourth-order valence-corrected chi connectivity index (χ4v) is 5.30. The summed E-state index contributed by atoms with van der Waals surface area (Å²) in [5.74, 6) is -1.43. The van der Waals surface area contributed by atoms with Gasteiger partial charge in [-0.3, -0.25) is 14.5 Å². The lowest BCUT2D eigenvalue weighted by molar-refractivity contribution is -0.132. The first-order valence-electron chi connectivity index (χ1n) is 13.3. The van der Waals surface area contributed by atoms with Crippen molar-refractivity contribution in [1.29, 1.82) is 0 Å². The fourth-order valence-electron chi connectivity index (χ4n) is 4.32. The number of amides is 1. The maximum Gasteiger partial charge on any atom is 0.350 e. The van der Waals surface area contributed by atoms with Crippen molar-refractivity contribution in [3.63, 3.8) is 0 Å². The van der Waals surface area contributed by atoms with Gasteiger partial charge in [0.05, 0.1) is 30.5 Å². The lowest BCUT2D eigenvalue weighted by Gasteiger charge is -2.23. The highest BCUT2D eigenvalue weighted by atomic mass is 32.1. The maximum atomic E-state index is 13.5. The number of ether oxygens (including phenoxy) is 3. The third-order valence-electron chi connectivity index (χ3n) is 6.35. The van der Waals surface area contributed by atoms with E-state index in [9.17, 15) is 19.5 Å². The highest BCUT2D eigenvalue weighted by molar-refractivity contribution is 7.17. The first kappa shape index (κ1) is 29.5. The predicted molar refractivity (Wildman–Crippen MR) is 157 cm³/mol. The van der Waals surface area contributed by atoms with Gasteiger partial charge >= 0.3 is 11.9 Å². The molecule has 0 unspecified atom stereocenters. The number of benzene rings is 2. The maximum absolute atomic E-state index is 13.5. The van der Waals surface area contributed by atoms with Gasteiger partial charge in [0.2, 0.25) is 0 Å². The molecule has 2 heterocycles. The van der Waals surface area contributed by atoms with Crippen molar-refractivity contribution < 1.29 is 33.7 Å². The Balaban J connectivity index is 1.80. The molecule has 0 saturated carbocycles. The number of carbonyl (C=O) groups is 3. The molecule has 1 aliphatic rings. The van der Waals surface area contributed by atoms with Crippen molar-refractivity contribution in [3.8, 4) is 11.5 Å². The summed E-state index contributed by atoms with van der Waals surface area (Å²) in [5, 5.41) is 11.6. The van der Waals surface area contributed by atoms with Gasteiger partial charge in [-0.25, -0.2) is 9.78 Å². The number of esters is 1. The van der Waals surface area contributed by atoms with Crippen LogP contribution in [0.15, 0.2) is 66.8 Å². The number of ketones is 1. The molecule has 1 aromatic heterocycles. The SMILES string of the molecule is C=CCOc1ccc([C@H]2C(=C(O)c3ccc(OCCCC)cc3)C(=O)C(=O)N2c2nc(C)c(C(=O)OCC)s2)cc1. The number of unbranched alkanes of at least 4 members (excludes halogenated alkanes) is 1. The molecular formula is C31H32N2O7S. The Morgan fingerprint density at radius 1 is 1.07 bits per heavy atom. The molecule has 214 valence electrons. The summed E-state index contributed by atoms with van der Waals surface area (Å²) in [5.41, 5.74) is 1.17. The van der Waals surface area contributed by atoms with Crippen LogP contribution in [0.1, 0.15) is 59.2 Å². The van der Waals surface area contributed by atoms with Gasteiger partial charge in [0.15, 0.2) is 5.13 Å².